The van der Waals surface area contributed by atoms with Crippen LogP contribution in [0.15, 0.2) is 59.4 Å². The third kappa shape index (κ3) is 2.90. The summed E-state index contributed by atoms with van der Waals surface area (Å²) >= 11 is 0. The number of methoxy groups -OCH3 is 2. The Bertz CT molecular complexity index is 1030. The molecule has 0 saturated heterocycles. The fourth-order valence-corrected chi connectivity index (χ4v) is 2.65. The van der Waals surface area contributed by atoms with Gasteiger partial charge in [-0.15, -0.1) is 0 Å². The van der Waals surface area contributed by atoms with E-state index < -0.39 is 0 Å². The number of benzene rings is 2. The molecule has 7 nitrogen and oxygen atoms in total. The standard InChI is InChI=1S/C19H16N4O3/c1-24-14-8-13(9-15(10-14)25-2)22-19-18-17(20-11-21-19)16(23-26-18)12-6-4-3-5-7-12/h3-11H,1-2H3,(H,20,21,22). The molecular formula is C19H16N4O3. The number of hydrogen-bond donors (Lipinski definition) is 1. The molecule has 2 aromatic heterocycles. The summed E-state index contributed by atoms with van der Waals surface area (Å²) in [5.74, 6) is 1.85. The number of anilines is 2. The minimum absolute atomic E-state index is 0.480. The molecule has 0 spiro atoms. The molecule has 0 amide bonds. The Hall–Kier alpha value is -3.61. The van der Waals surface area contributed by atoms with Crippen molar-refractivity contribution in [3.8, 4) is 22.8 Å². The monoisotopic (exact) mass is 348 g/mol. The molecular weight excluding hydrogens is 332 g/mol. The molecule has 2 aromatic carbocycles. The van der Waals surface area contributed by atoms with Crippen LogP contribution >= 0.6 is 0 Å². The van der Waals surface area contributed by atoms with Gasteiger partial charge in [-0.3, -0.25) is 0 Å². The maximum atomic E-state index is 5.52. The van der Waals surface area contributed by atoms with Crippen molar-refractivity contribution in [2.45, 2.75) is 0 Å². The van der Waals surface area contributed by atoms with Crippen LogP contribution in [0.2, 0.25) is 0 Å². The highest BCUT2D eigenvalue weighted by Gasteiger charge is 2.16. The normalized spacial score (nSPS) is 10.7. The number of aromatic nitrogens is 3. The molecule has 2 heterocycles. The van der Waals surface area contributed by atoms with E-state index in [2.05, 4.69) is 20.4 Å². The van der Waals surface area contributed by atoms with Gasteiger partial charge in [-0.25, -0.2) is 9.97 Å². The Kier molecular flexibility index (Phi) is 4.10. The van der Waals surface area contributed by atoms with Gasteiger partial charge in [0.25, 0.3) is 0 Å². The molecule has 0 aliphatic carbocycles. The fourth-order valence-electron chi connectivity index (χ4n) is 2.65. The summed E-state index contributed by atoms with van der Waals surface area (Å²) in [5, 5.41) is 7.38. The highest BCUT2D eigenvalue weighted by molar-refractivity contribution is 5.94. The zero-order valence-corrected chi connectivity index (χ0v) is 14.3. The van der Waals surface area contributed by atoms with E-state index in [0.717, 1.165) is 11.3 Å². The highest BCUT2D eigenvalue weighted by Crippen LogP contribution is 2.32. The molecule has 0 bridgehead atoms. The predicted octanol–water partition coefficient (Wildman–Crippen LogP) is 4.05. The van der Waals surface area contributed by atoms with E-state index in [1.807, 2.05) is 42.5 Å². The average molecular weight is 348 g/mol. The molecule has 0 unspecified atom stereocenters. The number of fused-ring (bicyclic) bond motifs is 1. The highest BCUT2D eigenvalue weighted by atomic mass is 16.5. The number of nitrogens with zero attached hydrogens (tertiary/aromatic N) is 3. The van der Waals surface area contributed by atoms with Crippen LogP contribution in [0.3, 0.4) is 0 Å². The number of rotatable bonds is 5. The first-order valence-electron chi connectivity index (χ1n) is 7.94. The first-order valence-corrected chi connectivity index (χ1v) is 7.94. The summed E-state index contributed by atoms with van der Waals surface area (Å²) in [7, 11) is 3.20. The van der Waals surface area contributed by atoms with Crippen molar-refractivity contribution in [3.63, 3.8) is 0 Å². The summed E-state index contributed by atoms with van der Waals surface area (Å²) in [6.45, 7) is 0. The van der Waals surface area contributed by atoms with E-state index in [0.29, 0.717) is 34.1 Å². The van der Waals surface area contributed by atoms with Crippen LogP contribution in [-0.2, 0) is 0 Å². The molecule has 0 atom stereocenters. The molecule has 0 saturated carbocycles. The molecule has 0 fully saturated rings. The van der Waals surface area contributed by atoms with Crippen LogP contribution in [0.1, 0.15) is 0 Å². The summed E-state index contributed by atoms with van der Waals surface area (Å²) < 4.78 is 16.1. The minimum atomic E-state index is 0.480. The van der Waals surface area contributed by atoms with Gasteiger partial charge < -0.3 is 19.3 Å². The first kappa shape index (κ1) is 15.9. The van der Waals surface area contributed by atoms with Crippen molar-refractivity contribution >= 4 is 22.6 Å². The van der Waals surface area contributed by atoms with Gasteiger partial charge >= 0.3 is 0 Å². The van der Waals surface area contributed by atoms with Crippen molar-refractivity contribution in [3.05, 3.63) is 54.9 Å². The lowest BCUT2D eigenvalue weighted by molar-refractivity contribution is 0.395. The van der Waals surface area contributed by atoms with Gasteiger partial charge in [-0.1, -0.05) is 35.5 Å². The lowest BCUT2D eigenvalue weighted by Gasteiger charge is -2.10. The Morgan fingerprint density at radius 1 is 0.923 bits per heavy atom. The van der Waals surface area contributed by atoms with E-state index in [4.69, 9.17) is 14.0 Å². The summed E-state index contributed by atoms with van der Waals surface area (Å²) in [6, 6.07) is 15.2. The van der Waals surface area contributed by atoms with Crippen molar-refractivity contribution < 1.29 is 14.0 Å². The van der Waals surface area contributed by atoms with E-state index in [1.54, 1.807) is 20.3 Å². The first-order chi connectivity index (χ1) is 12.8. The van der Waals surface area contributed by atoms with Crippen LogP contribution in [-0.4, -0.2) is 29.3 Å². The summed E-state index contributed by atoms with van der Waals surface area (Å²) in [5.41, 5.74) is 3.48. The Labute approximate surface area is 149 Å². The van der Waals surface area contributed by atoms with E-state index in [1.165, 1.54) is 6.33 Å². The van der Waals surface area contributed by atoms with Gasteiger partial charge in [-0.2, -0.15) is 0 Å². The van der Waals surface area contributed by atoms with Crippen LogP contribution in [0.5, 0.6) is 11.5 Å². The van der Waals surface area contributed by atoms with Gasteiger partial charge in [0.15, 0.2) is 5.82 Å². The van der Waals surface area contributed by atoms with Crippen LogP contribution in [0.4, 0.5) is 11.5 Å². The molecule has 0 aliphatic rings. The average Bonchev–Trinajstić information content (AvgIpc) is 3.13. The maximum absolute atomic E-state index is 5.52. The third-order valence-electron chi connectivity index (χ3n) is 3.92. The van der Waals surface area contributed by atoms with Crippen molar-refractivity contribution in [2.24, 2.45) is 0 Å². The molecule has 4 aromatic rings. The van der Waals surface area contributed by atoms with E-state index in [-0.39, 0.29) is 0 Å². The lowest BCUT2D eigenvalue weighted by Crippen LogP contribution is -1.97. The Morgan fingerprint density at radius 2 is 1.65 bits per heavy atom. The fraction of sp³-hybridized carbons (Fsp3) is 0.105. The zero-order valence-electron chi connectivity index (χ0n) is 14.3. The van der Waals surface area contributed by atoms with Crippen molar-refractivity contribution in [1.29, 1.82) is 0 Å². The van der Waals surface area contributed by atoms with Gasteiger partial charge in [-0.05, 0) is 0 Å². The van der Waals surface area contributed by atoms with E-state index in [9.17, 15) is 0 Å². The van der Waals surface area contributed by atoms with Crippen molar-refractivity contribution in [1.82, 2.24) is 15.1 Å². The molecule has 1 N–H and O–H groups in total. The molecule has 26 heavy (non-hydrogen) atoms. The predicted molar refractivity (Wildman–Crippen MR) is 97.9 cm³/mol. The zero-order chi connectivity index (χ0) is 17.9. The molecule has 130 valence electrons. The second kappa shape index (κ2) is 6.72. The van der Waals surface area contributed by atoms with E-state index >= 15 is 0 Å². The minimum Gasteiger partial charge on any atom is -0.497 e. The second-order valence-electron chi connectivity index (χ2n) is 5.52. The number of hydrogen-bond acceptors (Lipinski definition) is 7. The van der Waals surface area contributed by atoms with Gasteiger partial charge in [0, 0.05) is 29.4 Å². The van der Waals surface area contributed by atoms with Crippen LogP contribution < -0.4 is 14.8 Å². The molecule has 4 rings (SSSR count). The van der Waals surface area contributed by atoms with Crippen LogP contribution in [0.25, 0.3) is 22.4 Å². The molecule has 0 aliphatic heterocycles. The molecule has 7 heteroatoms. The van der Waals surface area contributed by atoms with Gasteiger partial charge in [0.2, 0.25) is 5.58 Å². The SMILES string of the molecule is COc1cc(Nc2ncnc3c(-c4ccccc4)noc23)cc(OC)c1. The van der Waals surface area contributed by atoms with Crippen molar-refractivity contribution in [2.75, 3.05) is 19.5 Å². The number of ether oxygens (including phenoxy) is 2. The topological polar surface area (TPSA) is 82.3 Å². The Balaban J connectivity index is 1.76. The lowest BCUT2D eigenvalue weighted by atomic mass is 10.1. The van der Waals surface area contributed by atoms with Gasteiger partial charge in [0.05, 0.1) is 14.2 Å². The van der Waals surface area contributed by atoms with Crippen LogP contribution in [0, 0.1) is 0 Å². The quantitative estimate of drug-likeness (QED) is 0.582. The molecule has 0 radical (unpaired) electrons. The smallest absolute Gasteiger partial charge is 0.228 e. The summed E-state index contributed by atoms with van der Waals surface area (Å²) in [4.78, 5) is 8.61. The maximum Gasteiger partial charge on any atom is 0.228 e. The third-order valence-corrected chi connectivity index (χ3v) is 3.92. The Morgan fingerprint density at radius 3 is 2.35 bits per heavy atom. The second-order valence-corrected chi connectivity index (χ2v) is 5.52. The summed E-state index contributed by atoms with van der Waals surface area (Å²) in [6.07, 6.45) is 1.48. The number of nitrogens with one attached hydrogen (secondary N) is 1. The largest absolute Gasteiger partial charge is 0.497 e. The van der Waals surface area contributed by atoms with Gasteiger partial charge in [0.1, 0.15) is 29.0 Å².